The number of para-hydroxylation sites is 1. The third-order valence-corrected chi connectivity index (χ3v) is 7.36. The highest BCUT2D eigenvalue weighted by atomic mass is 16.2. The van der Waals surface area contributed by atoms with Gasteiger partial charge in [-0.15, -0.1) is 0 Å². The average molecular weight is 530 g/mol. The van der Waals surface area contributed by atoms with Crippen LogP contribution in [0.3, 0.4) is 0 Å². The van der Waals surface area contributed by atoms with Gasteiger partial charge in [-0.25, -0.2) is 4.98 Å². The number of imidazole rings is 1. The number of hydrogen-bond acceptors (Lipinski definition) is 6. The molecule has 2 aliphatic rings. The van der Waals surface area contributed by atoms with E-state index in [2.05, 4.69) is 61.6 Å². The Morgan fingerprint density at radius 3 is 2.44 bits per heavy atom. The van der Waals surface area contributed by atoms with Crippen molar-refractivity contribution in [2.24, 2.45) is 0 Å². The molecule has 0 spiro atoms. The quantitative estimate of drug-likeness (QED) is 0.367. The summed E-state index contributed by atoms with van der Waals surface area (Å²) < 4.78 is 0. The SMILES string of the molecule is Cc1ccccc1N1CCN(c2ccc(C(=O)NCCCN3CCCC3=O)cc2NC(=O)c2ncc[nH]2)CC1. The Balaban J connectivity index is 1.27. The first-order valence-corrected chi connectivity index (χ1v) is 13.6. The summed E-state index contributed by atoms with van der Waals surface area (Å²) in [6.45, 7) is 7.29. The van der Waals surface area contributed by atoms with Gasteiger partial charge in [0.2, 0.25) is 5.91 Å². The maximum Gasteiger partial charge on any atom is 0.291 e. The molecule has 0 saturated carbocycles. The minimum Gasteiger partial charge on any atom is -0.368 e. The molecule has 3 aromatic rings. The van der Waals surface area contributed by atoms with E-state index in [9.17, 15) is 14.4 Å². The largest absolute Gasteiger partial charge is 0.368 e. The van der Waals surface area contributed by atoms with Crippen LogP contribution in [-0.4, -0.2) is 78.4 Å². The first kappa shape index (κ1) is 26.3. The molecule has 1 aromatic heterocycles. The van der Waals surface area contributed by atoms with E-state index in [4.69, 9.17) is 0 Å². The van der Waals surface area contributed by atoms with Gasteiger partial charge in [0.05, 0.1) is 11.4 Å². The molecule has 10 heteroatoms. The third kappa shape index (κ3) is 6.22. The molecule has 2 aromatic carbocycles. The lowest BCUT2D eigenvalue weighted by atomic mass is 10.1. The Bertz CT molecular complexity index is 1320. The molecule has 3 amide bonds. The highest BCUT2D eigenvalue weighted by Crippen LogP contribution is 2.30. The zero-order chi connectivity index (χ0) is 27.2. The van der Waals surface area contributed by atoms with Gasteiger partial charge in [0.25, 0.3) is 11.8 Å². The van der Waals surface area contributed by atoms with E-state index < -0.39 is 0 Å². The van der Waals surface area contributed by atoms with Crippen LogP contribution in [-0.2, 0) is 4.79 Å². The van der Waals surface area contributed by atoms with Gasteiger partial charge in [-0.1, -0.05) is 18.2 Å². The lowest BCUT2D eigenvalue weighted by Crippen LogP contribution is -2.47. The third-order valence-electron chi connectivity index (χ3n) is 7.36. The number of aromatic nitrogens is 2. The summed E-state index contributed by atoms with van der Waals surface area (Å²) >= 11 is 0. The number of hydrogen-bond donors (Lipinski definition) is 3. The van der Waals surface area contributed by atoms with Gasteiger partial charge in [0, 0.05) is 75.9 Å². The second-order valence-corrected chi connectivity index (χ2v) is 9.98. The molecular formula is C29H35N7O3. The summed E-state index contributed by atoms with van der Waals surface area (Å²) in [5.74, 6) is -0.190. The second kappa shape index (κ2) is 12.0. The van der Waals surface area contributed by atoms with Crippen molar-refractivity contribution in [2.75, 3.05) is 60.9 Å². The van der Waals surface area contributed by atoms with Crippen molar-refractivity contribution < 1.29 is 14.4 Å². The van der Waals surface area contributed by atoms with Crippen molar-refractivity contribution in [1.82, 2.24) is 20.2 Å². The van der Waals surface area contributed by atoms with E-state index in [0.29, 0.717) is 37.2 Å². The number of rotatable bonds is 9. The van der Waals surface area contributed by atoms with Gasteiger partial charge in [-0.2, -0.15) is 0 Å². The number of nitrogens with one attached hydrogen (secondary N) is 3. The van der Waals surface area contributed by atoms with Crippen LogP contribution in [0.25, 0.3) is 0 Å². The molecule has 5 rings (SSSR count). The molecule has 3 N–H and O–H groups in total. The van der Waals surface area contributed by atoms with Crippen molar-refractivity contribution in [3.63, 3.8) is 0 Å². The van der Waals surface area contributed by atoms with Crippen LogP contribution in [0.4, 0.5) is 17.1 Å². The van der Waals surface area contributed by atoms with Gasteiger partial charge in [-0.05, 0) is 49.6 Å². The van der Waals surface area contributed by atoms with Crippen LogP contribution >= 0.6 is 0 Å². The summed E-state index contributed by atoms with van der Waals surface area (Å²) in [6.07, 6.45) is 5.35. The smallest absolute Gasteiger partial charge is 0.291 e. The van der Waals surface area contributed by atoms with E-state index in [0.717, 1.165) is 44.8 Å². The number of carbonyl (C=O) groups excluding carboxylic acids is 3. The number of amides is 3. The lowest BCUT2D eigenvalue weighted by Gasteiger charge is -2.38. The van der Waals surface area contributed by atoms with Crippen molar-refractivity contribution in [3.8, 4) is 0 Å². The normalized spacial score (nSPS) is 15.5. The number of likely N-dealkylation sites (tertiary alicyclic amines) is 1. The second-order valence-electron chi connectivity index (χ2n) is 9.98. The van der Waals surface area contributed by atoms with E-state index in [-0.39, 0.29) is 23.5 Å². The van der Waals surface area contributed by atoms with Crippen molar-refractivity contribution in [1.29, 1.82) is 0 Å². The zero-order valence-corrected chi connectivity index (χ0v) is 22.3. The fourth-order valence-electron chi connectivity index (χ4n) is 5.24. The van der Waals surface area contributed by atoms with Crippen molar-refractivity contribution >= 4 is 34.8 Å². The van der Waals surface area contributed by atoms with Crippen molar-refractivity contribution in [2.45, 2.75) is 26.2 Å². The average Bonchev–Trinajstić information content (AvgIpc) is 3.64. The summed E-state index contributed by atoms with van der Waals surface area (Å²) in [7, 11) is 0. The number of carbonyl (C=O) groups is 3. The number of aromatic amines is 1. The minimum absolute atomic E-state index is 0.189. The molecule has 2 saturated heterocycles. The Morgan fingerprint density at radius 1 is 0.974 bits per heavy atom. The standard InChI is InChI=1S/C29H35N7O3/c1-21-6-2-3-7-24(21)34-16-18-35(19-17-34)25-10-9-22(20-23(25)33-29(39)27-30-12-13-31-27)28(38)32-11-5-15-36-14-4-8-26(36)37/h2-3,6-7,9-10,12-13,20H,4-5,8,11,14-19H2,1H3,(H,30,31)(H,32,38)(H,33,39). The maximum absolute atomic E-state index is 12.9. The van der Waals surface area contributed by atoms with Gasteiger partial charge in [0.15, 0.2) is 5.82 Å². The van der Waals surface area contributed by atoms with E-state index in [1.807, 2.05) is 11.0 Å². The molecule has 204 valence electrons. The predicted molar refractivity (Wildman–Crippen MR) is 151 cm³/mol. The van der Waals surface area contributed by atoms with Crippen molar-refractivity contribution in [3.05, 3.63) is 71.8 Å². The number of aryl methyl sites for hydroxylation is 1. The molecule has 2 fully saturated rings. The van der Waals surface area contributed by atoms with Crippen LogP contribution in [0.15, 0.2) is 54.9 Å². The molecule has 2 aliphatic heterocycles. The van der Waals surface area contributed by atoms with Crippen LogP contribution in [0.2, 0.25) is 0 Å². The van der Waals surface area contributed by atoms with E-state index in [1.165, 1.54) is 17.4 Å². The van der Waals surface area contributed by atoms with Gasteiger partial charge in [-0.3, -0.25) is 14.4 Å². The molecule has 0 aliphatic carbocycles. The summed E-state index contributed by atoms with van der Waals surface area (Å²) in [5.41, 5.74) is 4.38. The Hall–Kier alpha value is -4.34. The minimum atomic E-state index is -0.368. The van der Waals surface area contributed by atoms with Crippen LogP contribution in [0.5, 0.6) is 0 Å². The van der Waals surface area contributed by atoms with Gasteiger partial charge in [0.1, 0.15) is 0 Å². The predicted octanol–water partition coefficient (Wildman–Crippen LogP) is 3.04. The summed E-state index contributed by atoms with van der Waals surface area (Å²) in [6, 6.07) is 13.8. The topological polar surface area (TPSA) is 114 Å². The molecule has 39 heavy (non-hydrogen) atoms. The monoisotopic (exact) mass is 529 g/mol. The maximum atomic E-state index is 12.9. The molecule has 10 nitrogen and oxygen atoms in total. The highest BCUT2D eigenvalue weighted by Gasteiger charge is 2.23. The lowest BCUT2D eigenvalue weighted by molar-refractivity contribution is -0.127. The Kier molecular flexibility index (Phi) is 8.10. The Labute approximate surface area is 228 Å². The van der Waals surface area contributed by atoms with E-state index in [1.54, 1.807) is 18.3 Å². The van der Waals surface area contributed by atoms with Gasteiger partial charge < -0.3 is 30.3 Å². The molecule has 0 radical (unpaired) electrons. The fraction of sp³-hybridized carbons (Fsp3) is 0.379. The molecule has 0 unspecified atom stereocenters. The number of anilines is 3. The Morgan fingerprint density at radius 2 is 1.74 bits per heavy atom. The summed E-state index contributed by atoms with van der Waals surface area (Å²) in [5, 5.41) is 5.90. The fourth-order valence-corrected chi connectivity index (χ4v) is 5.24. The molecule has 3 heterocycles. The van der Waals surface area contributed by atoms with E-state index >= 15 is 0 Å². The van der Waals surface area contributed by atoms with Crippen LogP contribution in [0.1, 0.15) is 45.8 Å². The number of piperazine rings is 1. The summed E-state index contributed by atoms with van der Waals surface area (Å²) in [4.78, 5) is 51.0. The van der Waals surface area contributed by atoms with Crippen LogP contribution in [0, 0.1) is 6.92 Å². The molecular weight excluding hydrogens is 494 g/mol. The van der Waals surface area contributed by atoms with Crippen LogP contribution < -0.4 is 20.4 Å². The number of H-pyrrole nitrogens is 1. The zero-order valence-electron chi connectivity index (χ0n) is 22.3. The highest BCUT2D eigenvalue weighted by molar-refractivity contribution is 6.05. The van der Waals surface area contributed by atoms with Gasteiger partial charge >= 0.3 is 0 Å². The first-order chi connectivity index (χ1) is 19.0. The number of nitrogens with zero attached hydrogens (tertiary/aromatic N) is 4. The molecule has 0 atom stereocenters. The molecule has 0 bridgehead atoms. The number of benzene rings is 2. The first-order valence-electron chi connectivity index (χ1n) is 13.6.